The van der Waals surface area contributed by atoms with Crippen LogP contribution in [-0.2, 0) is 57.1 Å². The number of carbonyl (C=O) groups excluding carboxylic acids is 5. The minimum atomic E-state index is -0.842. The van der Waals surface area contributed by atoms with Gasteiger partial charge in [-0.2, -0.15) is 0 Å². The average Bonchev–Trinajstić information content (AvgIpc) is 3.62. The van der Waals surface area contributed by atoms with Gasteiger partial charge in [-0.1, -0.05) is 29.1 Å². The highest BCUT2D eigenvalue weighted by Crippen LogP contribution is 2.37. The molecule has 0 aromatic rings. The molecule has 0 spiro atoms. The van der Waals surface area contributed by atoms with Gasteiger partial charge in [-0.05, 0) is 33.6 Å². The third kappa shape index (κ3) is 13.7. The smallest absolute Gasteiger partial charge is 0.333 e. The number of hydrogen-bond acceptors (Lipinski definition) is 12. The van der Waals surface area contributed by atoms with E-state index in [1.165, 1.54) is 19.8 Å². The molecule has 4 rings (SSSR count). The molecule has 41 heavy (non-hydrogen) atoms. The summed E-state index contributed by atoms with van der Waals surface area (Å²) in [5.74, 6) is -1.65. The molecule has 4 aliphatic heterocycles. The lowest BCUT2D eigenvalue weighted by atomic mass is 9.90. The van der Waals surface area contributed by atoms with Crippen LogP contribution in [-0.4, -0.2) is 99.0 Å². The molecule has 0 saturated carbocycles. The summed E-state index contributed by atoms with van der Waals surface area (Å²) >= 11 is 2.94. The zero-order chi connectivity index (χ0) is 30.8. The lowest BCUT2D eigenvalue weighted by Gasteiger charge is -2.35. The summed E-state index contributed by atoms with van der Waals surface area (Å²) in [4.78, 5) is 55.1. The molecule has 0 bridgehead atoms. The minimum Gasteiger partial charge on any atom is -0.465 e. The summed E-state index contributed by atoms with van der Waals surface area (Å²) in [6.07, 6.45) is 2.26. The maximum absolute atomic E-state index is 11.5. The molecule has 0 aliphatic carbocycles. The molecular weight excluding hydrogens is 608 g/mol. The van der Waals surface area contributed by atoms with Gasteiger partial charge in [0.25, 0.3) is 0 Å². The van der Waals surface area contributed by atoms with Crippen LogP contribution < -0.4 is 0 Å². The molecule has 13 heteroatoms. The Labute approximate surface area is 249 Å². The summed E-state index contributed by atoms with van der Waals surface area (Å²) < 4.78 is 35.0. The van der Waals surface area contributed by atoms with Gasteiger partial charge in [0.05, 0.1) is 39.5 Å². The summed E-state index contributed by atoms with van der Waals surface area (Å²) in [6, 6.07) is 0. The maximum Gasteiger partial charge on any atom is 0.333 e. The standard InChI is InChI=1S/C11H14O5.C9H12O4.C4H7BrO2.C4H8O/c1-7(2)10(13)16-11-3-4-14-6-8(11)15-9(12)5-11;1-6(2)9(11)13-8-5-12-4-3-7(8)10;1-2-7-4(6)3-5;1-2-4-5-3-1/h8H,1,3-6H2,2H3;8H,1,3-5H2,2H3;2-3H2,1H3;1-4H2. The van der Waals surface area contributed by atoms with Crippen molar-refractivity contribution in [2.75, 3.05) is 51.6 Å². The van der Waals surface area contributed by atoms with Crippen molar-refractivity contribution in [1.82, 2.24) is 0 Å². The average molecular weight is 650 g/mol. The molecule has 0 N–H and O–H groups in total. The van der Waals surface area contributed by atoms with Crippen LogP contribution in [0.1, 0.15) is 52.9 Å². The Kier molecular flexibility index (Phi) is 17.3. The fraction of sp³-hybridized carbons (Fsp3) is 0.679. The normalized spacial score (nSPS) is 24.3. The number of ether oxygens (including phenoxy) is 7. The van der Waals surface area contributed by atoms with Gasteiger partial charge in [-0.3, -0.25) is 14.4 Å². The number of ketones is 1. The van der Waals surface area contributed by atoms with E-state index >= 15 is 0 Å². The van der Waals surface area contributed by atoms with Crippen molar-refractivity contribution in [2.24, 2.45) is 0 Å². The molecule has 4 fully saturated rings. The lowest BCUT2D eigenvalue weighted by molar-refractivity contribution is -0.180. The predicted octanol–water partition coefficient (Wildman–Crippen LogP) is 2.79. The summed E-state index contributed by atoms with van der Waals surface area (Å²) in [6.45, 7) is 15.6. The third-order valence-corrected chi connectivity index (χ3v) is 6.31. The van der Waals surface area contributed by atoms with E-state index in [2.05, 4.69) is 33.8 Å². The second kappa shape index (κ2) is 19.5. The van der Waals surface area contributed by atoms with Gasteiger partial charge in [0.15, 0.2) is 23.6 Å². The van der Waals surface area contributed by atoms with Crippen LogP contribution in [0.15, 0.2) is 24.3 Å². The first kappa shape index (κ1) is 36.4. The van der Waals surface area contributed by atoms with Gasteiger partial charge in [0.1, 0.15) is 5.33 Å². The van der Waals surface area contributed by atoms with E-state index in [9.17, 15) is 24.0 Å². The Morgan fingerprint density at radius 1 is 0.951 bits per heavy atom. The SMILES string of the molecule is C1CCOC1.C=C(C)C(=O)OC12CCOCC1OC(=O)C2.C=C(C)C(=O)OC1COCCC1=O.CCOC(=O)CBr. The lowest BCUT2D eigenvalue weighted by Crippen LogP contribution is -2.49. The highest BCUT2D eigenvalue weighted by molar-refractivity contribution is 9.09. The van der Waals surface area contributed by atoms with Gasteiger partial charge < -0.3 is 33.2 Å². The number of halogens is 1. The van der Waals surface area contributed by atoms with Crippen molar-refractivity contribution >= 4 is 45.6 Å². The van der Waals surface area contributed by atoms with E-state index in [-0.39, 0.29) is 37.4 Å². The first-order valence-electron chi connectivity index (χ1n) is 13.4. The monoisotopic (exact) mass is 648 g/mol. The fourth-order valence-electron chi connectivity index (χ4n) is 3.62. The molecule has 4 heterocycles. The van der Waals surface area contributed by atoms with E-state index in [1.54, 1.807) is 13.8 Å². The van der Waals surface area contributed by atoms with Gasteiger partial charge in [0, 0.05) is 37.2 Å². The number of alkyl halides is 1. The molecule has 3 atom stereocenters. The van der Waals surface area contributed by atoms with Crippen LogP contribution in [0.3, 0.4) is 0 Å². The highest BCUT2D eigenvalue weighted by Gasteiger charge is 2.54. The zero-order valence-corrected chi connectivity index (χ0v) is 25.6. The summed E-state index contributed by atoms with van der Waals surface area (Å²) in [7, 11) is 0. The van der Waals surface area contributed by atoms with E-state index < -0.39 is 29.7 Å². The number of fused-ring (bicyclic) bond motifs is 1. The molecule has 3 unspecified atom stereocenters. The van der Waals surface area contributed by atoms with Crippen LogP contribution >= 0.6 is 15.9 Å². The van der Waals surface area contributed by atoms with Crippen molar-refractivity contribution in [2.45, 2.75) is 70.7 Å². The van der Waals surface area contributed by atoms with Crippen LogP contribution in [0.2, 0.25) is 0 Å². The fourth-order valence-corrected chi connectivity index (χ4v) is 3.78. The maximum atomic E-state index is 11.5. The Morgan fingerprint density at radius 3 is 2.07 bits per heavy atom. The summed E-state index contributed by atoms with van der Waals surface area (Å²) in [5.41, 5.74) is -0.233. The van der Waals surface area contributed by atoms with Crippen LogP contribution in [0.25, 0.3) is 0 Å². The van der Waals surface area contributed by atoms with Gasteiger partial charge in [-0.15, -0.1) is 0 Å². The van der Waals surface area contributed by atoms with Crippen LogP contribution in [0.5, 0.6) is 0 Å². The molecule has 0 amide bonds. The second-order valence-corrected chi connectivity index (χ2v) is 10.00. The number of esters is 4. The molecule has 232 valence electrons. The molecule has 4 aliphatic rings. The molecule has 0 radical (unpaired) electrons. The number of carbonyl (C=O) groups is 5. The van der Waals surface area contributed by atoms with Crippen molar-refractivity contribution < 1.29 is 57.1 Å². The van der Waals surface area contributed by atoms with E-state index in [0.29, 0.717) is 49.1 Å². The Morgan fingerprint density at radius 2 is 1.59 bits per heavy atom. The number of Topliss-reactive ketones (excluding diaryl/α,β-unsaturated/α-hetero) is 1. The number of hydrogen-bond donors (Lipinski definition) is 0. The van der Waals surface area contributed by atoms with Crippen molar-refractivity contribution in [3.8, 4) is 0 Å². The summed E-state index contributed by atoms with van der Waals surface area (Å²) in [5, 5.41) is 0.292. The zero-order valence-electron chi connectivity index (χ0n) is 24.0. The van der Waals surface area contributed by atoms with Gasteiger partial charge in [-0.25, -0.2) is 9.59 Å². The Bertz CT molecular complexity index is 921. The van der Waals surface area contributed by atoms with E-state index in [0.717, 1.165) is 13.2 Å². The van der Waals surface area contributed by atoms with Crippen molar-refractivity contribution in [1.29, 1.82) is 0 Å². The van der Waals surface area contributed by atoms with Crippen LogP contribution in [0.4, 0.5) is 0 Å². The van der Waals surface area contributed by atoms with E-state index in [4.69, 9.17) is 28.4 Å². The molecule has 0 aromatic carbocycles. The molecule has 0 aromatic heterocycles. The van der Waals surface area contributed by atoms with E-state index in [1.807, 2.05) is 0 Å². The molecule has 12 nitrogen and oxygen atoms in total. The topological polar surface area (TPSA) is 150 Å². The molecule has 4 saturated heterocycles. The van der Waals surface area contributed by atoms with Gasteiger partial charge >= 0.3 is 23.9 Å². The minimum absolute atomic E-state index is 0.0825. The second-order valence-electron chi connectivity index (χ2n) is 9.44. The first-order chi connectivity index (χ1) is 19.5. The molecular formula is C28H41BrO12. The third-order valence-electron chi connectivity index (χ3n) is 5.85. The van der Waals surface area contributed by atoms with Crippen molar-refractivity contribution in [3.05, 3.63) is 24.3 Å². The van der Waals surface area contributed by atoms with Crippen molar-refractivity contribution in [3.63, 3.8) is 0 Å². The predicted molar refractivity (Wildman–Crippen MR) is 149 cm³/mol. The largest absolute Gasteiger partial charge is 0.465 e. The number of rotatable bonds is 6. The Balaban J connectivity index is 0.000000299. The quantitative estimate of drug-likeness (QED) is 0.180. The first-order valence-corrected chi connectivity index (χ1v) is 14.5. The van der Waals surface area contributed by atoms with Crippen LogP contribution in [0, 0.1) is 0 Å². The Hall–Kier alpha value is -2.61. The van der Waals surface area contributed by atoms with Gasteiger partial charge in [0.2, 0.25) is 0 Å². The highest BCUT2D eigenvalue weighted by atomic mass is 79.9.